The Morgan fingerprint density at radius 3 is 2.19 bits per heavy atom. The Kier molecular flexibility index (Phi) is 11.9. The van der Waals surface area contributed by atoms with Crippen LogP contribution < -0.4 is 0 Å². The summed E-state index contributed by atoms with van der Waals surface area (Å²) >= 11 is 0. The molecule has 2 aromatic rings. The van der Waals surface area contributed by atoms with Crippen LogP contribution in [0.2, 0.25) is 0 Å². The first-order valence-corrected chi connectivity index (χ1v) is 14.7. The first-order chi connectivity index (χ1) is 17.6. The summed E-state index contributed by atoms with van der Waals surface area (Å²) in [6.07, 6.45) is 18.2. The molecule has 196 valence electrons. The molecule has 0 saturated heterocycles. The Hall–Kier alpha value is -2.21. The number of pyridine rings is 1. The van der Waals surface area contributed by atoms with E-state index in [2.05, 4.69) is 56.3 Å². The Labute approximate surface area is 219 Å². The molecule has 1 aliphatic rings. The Balaban J connectivity index is 1.46. The minimum absolute atomic E-state index is 0.412. The zero-order valence-corrected chi connectivity index (χ0v) is 22.8. The molecule has 0 amide bonds. The molecule has 36 heavy (non-hydrogen) atoms. The number of alkyl halides is 1. The number of hydrogen-bond donors (Lipinski definition) is 0. The molecular weight excluding hydrogens is 443 g/mol. The van der Waals surface area contributed by atoms with E-state index >= 15 is 0 Å². The van der Waals surface area contributed by atoms with Crippen molar-refractivity contribution in [3.05, 3.63) is 53.7 Å². The predicted molar refractivity (Wildman–Crippen MR) is 150 cm³/mol. The molecule has 1 saturated carbocycles. The van der Waals surface area contributed by atoms with Crippen LogP contribution in [0.25, 0.3) is 11.3 Å². The number of unbranched alkanes of at least 4 members (excludes halogenated alkanes) is 7. The molecule has 1 heterocycles. The molecule has 1 atom stereocenters. The van der Waals surface area contributed by atoms with Gasteiger partial charge in [0.1, 0.15) is 6.17 Å². The fourth-order valence-electron chi connectivity index (χ4n) is 5.77. The van der Waals surface area contributed by atoms with E-state index in [1.54, 1.807) is 0 Å². The van der Waals surface area contributed by atoms with Crippen molar-refractivity contribution in [1.82, 2.24) is 4.98 Å². The quantitative estimate of drug-likeness (QED) is 0.233. The fourth-order valence-corrected chi connectivity index (χ4v) is 5.77. The third-order valence-corrected chi connectivity index (χ3v) is 8.23. The normalized spacial score (nSPS) is 20.7. The molecule has 0 bridgehead atoms. The number of nitriles is 1. The van der Waals surface area contributed by atoms with Gasteiger partial charge in [-0.3, -0.25) is 4.98 Å². The second-order valence-electron chi connectivity index (χ2n) is 11.2. The van der Waals surface area contributed by atoms with Crippen LogP contribution in [-0.4, -0.2) is 11.2 Å². The van der Waals surface area contributed by atoms with Crippen molar-refractivity contribution in [3.63, 3.8) is 0 Å². The summed E-state index contributed by atoms with van der Waals surface area (Å²) in [6.45, 7) is 4.36. The number of rotatable bonds is 15. The van der Waals surface area contributed by atoms with Gasteiger partial charge in [-0.15, -0.1) is 0 Å². The van der Waals surface area contributed by atoms with E-state index in [-0.39, 0.29) is 0 Å². The van der Waals surface area contributed by atoms with E-state index in [0.717, 1.165) is 56.2 Å². The number of benzene rings is 1. The third-order valence-electron chi connectivity index (χ3n) is 8.23. The maximum Gasteiger partial charge on any atom is 0.102 e. The first-order valence-electron chi connectivity index (χ1n) is 14.7. The summed E-state index contributed by atoms with van der Waals surface area (Å²) in [4.78, 5) is 4.74. The lowest BCUT2D eigenvalue weighted by Gasteiger charge is -2.36. The second-order valence-corrected chi connectivity index (χ2v) is 11.2. The van der Waals surface area contributed by atoms with Crippen LogP contribution in [0.3, 0.4) is 0 Å². The summed E-state index contributed by atoms with van der Waals surface area (Å²) in [5.74, 6) is 0.464. The molecule has 1 aromatic heterocycles. The largest absolute Gasteiger partial charge is 0.256 e. The Morgan fingerprint density at radius 2 is 1.58 bits per heavy atom. The zero-order chi connectivity index (χ0) is 25.6. The zero-order valence-electron chi connectivity index (χ0n) is 22.8. The lowest BCUT2D eigenvalue weighted by atomic mass is 9.67. The highest BCUT2D eigenvalue weighted by Crippen LogP contribution is 2.46. The summed E-state index contributed by atoms with van der Waals surface area (Å²) in [7, 11) is 0. The summed E-state index contributed by atoms with van der Waals surface area (Å²) in [6, 6.07) is 15.7. The molecule has 2 nitrogen and oxygen atoms in total. The molecule has 1 aliphatic carbocycles. The molecule has 0 radical (unpaired) electrons. The van der Waals surface area contributed by atoms with E-state index in [4.69, 9.17) is 4.98 Å². The van der Waals surface area contributed by atoms with Gasteiger partial charge in [-0.05, 0) is 74.5 Å². The Bertz CT molecular complexity index is 904. The van der Waals surface area contributed by atoms with Gasteiger partial charge in [-0.1, -0.05) is 95.5 Å². The molecule has 0 unspecified atom stereocenters. The summed E-state index contributed by atoms with van der Waals surface area (Å²) < 4.78 is 14.4. The van der Waals surface area contributed by atoms with Crippen molar-refractivity contribution < 1.29 is 4.39 Å². The lowest BCUT2D eigenvalue weighted by Crippen LogP contribution is -2.28. The van der Waals surface area contributed by atoms with E-state index in [1.165, 1.54) is 56.1 Å². The molecule has 3 heteroatoms. The maximum atomic E-state index is 14.4. The molecular formula is C33H47FN2. The van der Waals surface area contributed by atoms with Gasteiger partial charge in [0, 0.05) is 11.8 Å². The highest BCUT2D eigenvalue weighted by molar-refractivity contribution is 5.59. The van der Waals surface area contributed by atoms with Crippen molar-refractivity contribution in [2.75, 3.05) is 0 Å². The predicted octanol–water partition coefficient (Wildman–Crippen LogP) is 10.1. The smallest absolute Gasteiger partial charge is 0.102 e. The maximum absolute atomic E-state index is 14.4. The van der Waals surface area contributed by atoms with Gasteiger partial charge in [-0.25, -0.2) is 4.39 Å². The second kappa shape index (κ2) is 15.1. The van der Waals surface area contributed by atoms with E-state index in [1.807, 2.05) is 6.20 Å². The van der Waals surface area contributed by atoms with Gasteiger partial charge in [0.15, 0.2) is 0 Å². The molecule has 0 N–H and O–H groups in total. The van der Waals surface area contributed by atoms with Gasteiger partial charge in [0.2, 0.25) is 0 Å². The number of hydrogen-bond acceptors (Lipinski definition) is 2. The number of aromatic nitrogens is 1. The third kappa shape index (κ3) is 8.72. The van der Waals surface area contributed by atoms with Gasteiger partial charge in [0.25, 0.3) is 0 Å². The van der Waals surface area contributed by atoms with Gasteiger partial charge >= 0.3 is 0 Å². The standard InChI is InChI=1S/C33H47FN2/c1-3-5-7-8-9-10-11-12-27-14-19-32(36-25-27)30-17-15-28(16-18-30)29-20-22-33(26-35,23-21-29)24-31(34)13-6-4-2/h14-19,25,29,31H,3-13,20-24H2,1-2H3/t29-,31-,33-/m0/s1. The molecule has 0 spiro atoms. The Morgan fingerprint density at radius 1 is 0.917 bits per heavy atom. The van der Waals surface area contributed by atoms with Crippen molar-refractivity contribution in [2.24, 2.45) is 5.41 Å². The minimum atomic E-state index is -0.838. The van der Waals surface area contributed by atoms with E-state index in [0.29, 0.717) is 18.8 Å². The van der Waals surface area contributed by atoms with Crippen LogP contribution in [0.1, 0.15) is 127 Å². The minimum Gasteiger partial charge on any atom is -0.256 e. The fraction of sp³-hybridized carbons (Fsp3) is 0.636. The van der Waals surface area contributed by atoms with E-state index in [9.17, 15) is 9.65 Å². The van der Waals surface area contributed by atoms with Gasteiger partial charge in [-0.2, -0.15) is 5.26 Å². The van der Waals surface area contributed by atoms with Gasteiger partial charge in [0.05, 0.1) is 17.2 Å². The highest BCUT2D eigenvalue weighted by Gasteiger charge is 2.37. The summed E-state index contributed by atoms with van der Waals surface area (Å²) in [5, 5.41) is 9.83. The van der Waals surface area contributed by atoms with Crippen LogP contribution in [0.15, 0.2) is 42.6 Å². The molecule has 3 rings (SSSR count). The monoisotopic (exact) mass is 490 g/mol. The number of nitrogens with zero attached hydrogens (tertiary/aromatic N) is 2. The topological polar surface area (TPSA) is 36.7 Å². The van der Waals surface area contributed by atoms with Crippen molar-refractivity contribution in [3.8, 4) is 17.3 Å². The van der Waals surface area contributed by atoms with Crippen LogP contribution in [0, 0.1) is 16.7 Å². The molecule has 0 aliphatic heterocycles. The van der Waals surface area contributed by atoms with E-state index < -0.39 is 11.6 Å². The SMILES string of the molecule is CCCCCCCCCc1ccc(-c2ccc([C@H]3CC[C@@](C#N)(C[C@@H](F)CCCC)CC3)cc2)nc1. The first kappa shape index (κ1) is 28.4. The molecule has 1 fully saturated rings. The van der Waals surface area contributed by atoms with Crippen molar-refractivity contribution in [1.29, 1.82) is 5.26 Å². The summed E-state index contributed by atoms with van der Waals surface area (Å²) in [5.41, 5.74) is 4.38. The van der Waals surface area contributed by atoms with Crippen LogP contribution in [0.5, 0.6) is 0 Å². The highest BCUT2D eigenvalue weighted by atomic mass is 19.1. The van der Waals surface area contributed by atoms with Crippen LogP contribution in [0.4, 0.5) is 4.39 Å². The lowest BCUT2D eigenvalue weighted by molar-refractivity contribution is 0.158. The number of aryl methyl sites for hydroxylation is 1. The number of halogens is 1. The van der Waals surface area contributed by atoms with Gasteiger partial charge < -0.3 is 0 Å². The average Bonchev–Trinajstić information content (AvgIpc) is 2.92. The molecule has 1 aromatic carbocycles. The van der Waals surface area contributed by atoms with Crippen LogP contribution >= 0.6 is 0 Å². The average molecular weight is 491 g/mol. The van der Waals surface area contributed by atoms with Crippen molar-refractivity contribution in [2.45, 2.75) is 129 Å². The van der Waals surface area contributed by atoms with Crippen LogP contribution in [-0.2, 0) is 6.42 Å². The van der Waals surface area contributed by atoms with Crippen molar-refractivity contribution >= 4 is 0 Å².